The number of nitrogens with one attached hydrogen (secondary N) is 1. The molecule has 3 heterocycles. The van der Waals surface area contributed by atoms with E-state index in [0.29, 0.717) is 51.5 Å². The van der Waals surface area contributed by atoms with Gasteiger partial charge < -0.3 is 25.2 Å². The van der Waals surface area contributed by atoms with Crippen LogP contribution in [0.15, 0.2) is 65.3 Å². The van der Waals surface area contributed by atoms with Crippen molar-refractivity contribution < 1.29 is 14.1 Å². The molecule has 1 saturated heterocycles. The molecule has 2 atom stereocenters. The molecule has 4 aromatic rings. The topological polar surface area (TPSA) is 107 Å². The molecule has 0 bridgehead atoms. The van der Waals surface area contributed by atoms with Crippen molar-refractivity contribution in [3.05, 3.63) is 82.2 Å². The van der Waals surface area contributed by atoms with Gasteiger partial charge in [-0.15, -0.1) is 0 Å². The maximum atomic E-state index is 13.0. The number of ether oxygens (including phenoxy) is 1. The molecule has 2 aromatic heterocycles. The molecule has 3 N–H and O–H groups in total. The Labute approximate surface area is 230 Å². The average Bonchev–Trinajstić information content (AvgIpc) is 3.36. The van der Waals surface area contributed by atoms with Crippen LogP contribution in [0.2, 0.25) is 10.0 Å². The molecule has 0 saturated carbocycles. The first kappa shape index (κ1) is 26.0. The molecule has 2 aromatic carbocycles. The summed E-state index contributed by atoms with van der Waals surface area (Å²) in [6, 6.07) is 16.8. The van der Waals surface area contributed by atoms with E-state index in [9.17, 15) is 4.79 Å². The summed E-state index contributed by atoms with van der Waals surface area (Å²) in [5.74, 6) is 1.15. The van der Waals surface area contributed by atoms with Crippen LogP contribution < -0.4 is 15.8 Å². The first-order valence-electron chi connectivity index (χ1n) is 12.2. The Morgan fingerprint density at radius 3 is 2.45 bits per heavy atom. The number of pyridine rings is 1. The van der Waals surface area contributed by atoms with Crippen LogP contribution in [0.5, 0.6) is 5.75 Å². The fourth-order valence-corrected chi connectivity index (χ4v) is 5.19. The van der Waals surface area contributed by atoms with Gasteiger partial charge in [-0.3, -0.25) is 4.79 Å². The predicted molar refractivity (Wildman–Crippen MR) is 148 cm³/mol. The number of benzene rings is 2. The molecule has 1 fully saturated rings. The normalized spacial score (nSPS) is 17.4. The van der Waals surface area contributed by atoms with Crippen molar-refractivity contribution in [3.63, 3.8) is 0 Å². The molecule has 0 aliphatic carbocycles. The summed E-state index contributed by atoms with van der Waals surface area (Å²) >= 11 is 12.5. The number of nitrogens with zero attached hydrogens (tertiary/aromatic N) is 3. The maximum Gasteiger partial charge on any atom is 0.253 e. The predicted octanol–water partition coefficient (Wildman–Crippen LogP) is 5.69. The average molecular weight is 552 g/mol. The van der Waals surface area contributed by atoms with E-state index in [4.69, 9.17) is 38.2 Å². The second-order valence-electron chi connectivity index (χ2n) is 9.43. The number of halogens is 2. The standard InChI is InChI=1S/C28H27Cl2N5O3/c1-16-13-35(14-17(2)33-16)28(36)19-8-6-18(7-9-19)20-10-25(27(31)32-12-20)37-15-21-11-24(34-38-21)26-22(29)4-3-5-23(26)30/h3-12,16-17,33H,13-15H2,1-2H3,(H2,31,32). The highest BCUT2D eigenvalue weighted by Crippen LogP contribution is 2.34. The van der Waals surface area contributed by atoms with E-state index in [0.717, 1.165) is 11.1 Å². The van der Waals surface area contributed by atoms with Gasteiger partial charge in [-0.05, 0) is 49.7 Å². The molecule has 196 valence electrons. The van der Waals surface area contributed by atoms with Gasteiger partial charge in [0.05, 0.1) is 10.0 Å². The number of nitrogens with two attached hydrogens (primary N) is 1. The zero-order valence-electron chi connectivity index (χ0n) is 20.9. The van der Waals surface area contributed by atoms with Crippen LogP contribution in [0.4, 0.5) is 5.82 Å². The highest BCUT2D eigenvalue weighted by atomic mass is 35.5. The van der Waals surface area contributed by atoms with Gasteiger partial charge >= 0.3 is 0 Å². The fourth-order valence-electron chi connectivity index (χ4n) is 4.60. The van der Waals surface area contributed by atoms with Gasteiger partial charge in [0.15, 0.2) is 17.3 Å². The zero-order valence-corrected chi connectivity index (χ0v) is 22.5. The van der Waals surface area contributed by atoms with Gasteiger partial charge in [0, 0.05) is 54.1 Å². The van der Waals surface area contributed by atoms with Crippen molar-refractivity contribution >= 4 is 34.9 Å². The van der Waals surface area contributed by atoms with Crippen LogP contribution in [0.3, 0.4) is 0 Å². The molecule has 5 rings (SSSR count). The lowest BCUT2D eigenvalue weighted by Crippen LogP contribution is -2.55. The number of aromatic nitrogens is 2. The highest BCUT2D eigenvalue weighted by Gasteiger charge is 2.25. The van der Waals surface area contributed by atoms with Crippen LogP contribution in [-0.4, -0.2) is 46.1 Å². The molecule has 0 spiro atoms. The van der Waals surface area contributed by atoms with Crippen LogP contribution >= 0.6 is 23.2 Å². The first-order chi connectivity index (χ1) is 18.3. The highest BCUT2D eigenvalue weighted by molar-refractivity contribution is 6.39. The van der Waals surface area contributed by atoms with Crippen LogP contribution in [0.1, 0.15) is 30.0 Å². The van der Waals surface area contributed by atoms with Crippen molar-refractivity contribution in [1.29, 1.82) is 0 Å². The summed E-state index contributed by atoms with van der Waals surface area (Å²) in [5, 5.41) is 8.47. The number of hydrogen-bond donors (Lipinski definition) is 2. The summed E-state index contributed by atoms with van der Waals surface area (Å²) < 4.78 is 11.3. The Morgan fingerprint density at radius 1 is 1.08 bits per heavy atom. The fraction of sp³-hybridized carbons (Fsp3) is 0.250. The number of hydrogen-bond acceptors (Lipinski definition) is 7. The van der Waals surface area contributed by atoms with Crippen molar-refractivity contribution in [2.75, 3.05) is 18.8 Å². The molecular weight excluding hydrogens is 525 g/mol. The van der Waals surface area contributed by atoms with Gasteiger partial charge in [0.2, 0.25) is 0 Å². The quantitative estimate of drug-likeness (QED) is 0.316. The minimum absolute atomic E-state index is 0.0284. The Balaban J connectivity index is 1.28. The molecule has 2 unspecified atom stereocenters. The molecule has 8 nitrogen and oxygen atoms in total. The third-order valence-corrected chi connectivity index (χ3v) is 6.97. The van der Waals surface area contributed by atoms with Crippen LogP contribution in [-0.2, 0) is 6.61 Å². The Kier molecular flexibility index (Phi) is 7.56. The van der Waals surface area contributed by atoms with Crippen LogP contribution in [0.25, 0.3) is 22.4 Å². The molecule has 10 heteroatoms. The van der Waals surface area contributed by atoms with Gasteiger partial charge in [-0.1, -0.05) is 46.6 Å². The number of anilines is 1. The number of nitrogen functional groups attached to an aromatic ring is 1. The second-order valence-corrected chi connectivity index (χ2v) is 10.2. The lowest BCUT2D eigenvalue weighted by molar-refractivity contribution is 0.0674. The van der Waals surface area contributed by atoms with E-state index in [1.54, 1.807) is 36.5 Å². The number of rotatable bonds is 6. The molecule has 1 aliphatic rings. The summed E-state index contributed by atoms with van der Waals surface area (Å²) in [6.45, 7) is 5.63. The number of carbonyl (C=O) groups excluding carboxylic acids is 1. The van der Waals surface area contributed by atoms with Crippen molar-refractivity contribution in [3.8, 4) is 28.1 Å². The minimum atomic E-state index is 0.0284. The molecule has 0 radical (unpaired) electrons. The second kappa shape index (κ2) is 11.0. The third-order valence-electron chi connectivity index (χ3n) is 6.34. The van der Waals surface area contributed by atoms with Gasteiger partial charge in [0.25, 0.3) is 5.91 Å². The van der Waals surface area contributed by atoms with E-state index in [1.807, 2.05) is 29.2 Å². The smallest absolute Gasteiger partial charge is 0.253 e. The summed E-state index contributed by atoms with van der Waals surface area (Å²) in [5.41, 5.74) is 9.51. The van der Waals surface area contributed by atoms with Gasteiger partial charge in [-0.25, -0.2) is 4.98 Å². The van der Waals surface area contributed by atoms with E-state index >= 15 is 0 Å². The van der Waals surface area contributed by atoms with Crippen LogP contribution in [0, 0.1) is 0 Å². The van der Waals surface area contributed by atoms with E-state index in [2.05, 4.69) is 29.3 Å². The summed E-state index contributed by atoms with van der Waals surface area (Å²) in [4.78, 5) is 19.2. The first-order valence-corrected chi connectivity index (χ1v) is 13.0. The SMILES string of the molecule is CC1CN(C(=O)c2ccc(-c3cnc(N)c(OCc4cc(-c5c(Cl)cccc5Cl)no4)c3)cc2)CC(C)N1. The van der Waals surface area contributed by atoms with E-state index in [-0.39, 0.29) is 30.4 Å². The molecule has 1 aliphatic heterocycles. The Hall–Kier alpha value is -3.59. The number of piperazine rings is 1. The van der Waals surface area contributed by atoms with Gasteiger partial charge in [-0.2, -0.15) is 0 Å². The minimum Gasteiger partial charge on any atom is -0.482 e. The number of amides is 1. The Morgan fingerprint density at radius 2 is 1.76 bits per heavy atom. The molecular formula is C28H27Cl2N5O3. The largest absolute Gasteiger partial charge is 0.482 e. The lowest BCUT2D eigenvalue weighted by Gasteiger charge is -2.36. The summed E-state index contributed by atoms with van der Waals surface area (Å²) in [6.07, 6.45) is 1.67. The number of carbonyl (C=O) groups is 1. The lowest BCUT2D eigenvalue weighted by atomic mass is 10.0. The molecule has 1 amide bonds. The van der Waals surface area contributed by atoms with E-state index < -0.39 is 0 Å². The summed E-state index contributed by atoms with van der Waals surface area (Å²) in [7, 11) is 0. The van der Waals surface area contributed by atoms with Crippen molar-refractivity contribution in [2.24, 2.45) is 0 Å². The Bertz CT molecular complexity index is 1430. The third kappa shape index (κ3) is 5.62. The van der Waals surface area contributed by atoms with Crippen molar-refractivity contribution in [1.82, 2.24) is 20.4 Å². The van der Waals surface area contributed by atoms with Gasteiger partial charge in [0.1, 0.15) is 12.3 Å². The molecule has 38 heavy (non-hydrogen) atoms. The van der Waals surface area contributed by atoms with Crippen molar-refractivity contribution in [2.45, 2.75) is 32.5 Å². The van der Waals surface area contributed by atoms with E-state index in [1.165, 1.54) is 0 Å². The maximum absolute atomic E-state index is 13.0. The zero-order chi connectivity index (χ0) is 26.8. The monoisotopic (exact) mass is 551 g/mol.